The molecule has 27 heavy (non-hydrogen) atoms. The maximum Gasteiger partial charge on any atom is 0.216 e. The van der Waals surface area contributed by atoms with Gasteiger partial charge in [-0.05, 0) is 55.7 Å². The number of rotatable bonds is 12. The molecule has 2 aromatic rings. The molecule has 0 spiro atoms. The molecule has 0 saturated heterocycles. The van der Waals surface area contributed by atoms with Crippen molar-refractivity contribution in [3.63, 3.8) is 0 Å². The lowest BCUT2D eigenvalue weighted by molar-refractivity contribution is 0.271. The molecule has 0 aliphatic rings. The van der Waals surface area contributed by atoms with Gasteiger partial charge in [-0.15, -0.1) is 0 Å². The normalized spacial score (nSPS) is 11.2. The average molecular weight is 391 g/mol. The van der Waals surface area contributed by atoms with Crippen LogP contribution in [0.4, 0.5) is 0 Å². The van der Waals surface area contributed by atoms with Crippen molar-refractivity contribution in [2.75, 3.05) is 13.2 Å². The Morgan fingerprint density at radius 1 is 1.11 bits per heavy atom. The van der Waals surface area contributed by atoms with Gasteiger partial charge in [-0.2, -0.15) is 14.9 Å². The second kappa shape index (κ2) is 11.5. The average Bonchev–Trinajstić information content (AvgIpc) is 3.03. The molecular formula is C20H30N4O2S. The minimum absolute atomic E-state index is 0.498. The molecule has 0 radical (unpaired) electrons. The molecule has 0 saturated carbocycles. The van der Waals surface area contributed by atoms with Crippen LogP contribution in [-0.2, 0) is 6.42 Å². The highest BCUT2D eigenvalue weighted by atomic mass is 32.1. The van der Waals surface area contributed by atoms with Gasteiger partial charge in [-0.25, -0.2) is 0 Å². The van der Waals surface area contributed by atoms with E-state index in [1.54, 1.807) is 10.9 Å². The fourth-order valence-electron chi connectivity index (χ4n) is 2.59. The van der Waals surface area contributed by atoms with Gasteiger partial charge >= 0.3 is 0 Å². The highest BCUT2D eigenvalue weighted by molar-refractivity contribution is 7.71. The van der Waals surface area contributed by atoms with Gasteiger partial charge < -0.3 is 9.47 Å². The lowest BCUT2D eigenvalue weighted by Gasteiger charge is -2.12. The second-order valence-corrected chi connectivity index (χ2v) is 6.69. The smallest absolute Gasteiger partial charge is 0.216 e. The Morgan fingerprint density at radius 3 is 2.67 bits per heavy atom. The summed E-state index contributed by atoms with van der Waals surface area (Å²) in [6.07, 6.45) is 8.15. The van der Waals surface area contributed by atoms with Gasteiger partial charge in [0.25, 0.3) is 0 Å². The quantitative estimate of drug-likeness (QED) is 0.310. The van der Waals surface area contributed by atoms with E-state index in [4.69, 9.17) is 21.7 Å². The molecular weight excluding hydrogens is 360 g/mol. The number of benzene rings is 1. The Balaban J connectivity index is 2.14. The fourth-order valence-corrected chi connectivity index (χ4v) is 2.79. The van der Waals surface area contributed by atoms with Gasteiger partial charge in [0.2, 0.25) is 4.77 Å². The first-order chi connectivity index (χ1) is 13.2. The van der Waals surface area contributed by atoms with Gasteiger partial charge in [0.1, 0.15) is 0 Å². The summed E-state index contributed by atoms with van der Waals surface area (Å²) in [4.78, 5) is 0. The van der Waals surface area contributed by atoms with Crippen LogP contribution in [-0.4, -0.2) is 34.3 Å². The third kappa shape index (κ3) is 6.50. The molecule has 7 heteroatoms. The first kappa shape index (κ1) is 21.2. The minimum Gasteiger partial charge on any atom is -0.490 e. The zero-order valence-corrected chi connectivity index (χ0v) is 17.3. The van der Waals surface area contributed by atoms with Crippen LogP contribution in [0.5, 0.6) is 11.5 Å². The molecule has 1 heterocycles. The maximum atomic E-state index is 5.87. The number of unbranched alkanes of at least 4 members (excludes halogenated alkanes) is 3. The fraction of sp³-hybridized carbons (Fsp3) is 0.550. The van der Waals surface area contributed by atoms with Crippen molar-refractivity contribution in [3.05, 3.63) is 34.4 Å². The van der Waals surface area contributed by atoms with Crippen molar-refractivity contribution in [3.8, 4) is 11.5 Å². The van der Waals surface area contributed by atoms with Crippen LogP contribution in [0.3, 0.4) is 0 Å². The number of hydrogen-bond donors (Lipinski definition) is 1. The van der Waals surface area contributed by atoms with Gasteiger partial charge in [0, 0.05) is 6.42 Å². The Morgan fingerprint density at radius 2 is 1.93 bits per heavy atom. The Labute approximate surface area is 166 Å². The van der Waals surface area contributed by atoms with E-state index < -0.39 is 0 Å². The predicted octanol–water partition coefficient (Wildman–Crippen LogP) is 5.13. The van der Waals surface area contributed by atoms with Crippen molar-refractivity contribution in [2.24, 2.45) is 5.10 Å². The molecule has 6 nitrogen and oxygen atoms in total. The van der Waals surface area contributed by atoms with Crippen molar-refractivity contribution < 1.29 is 9.47 Å². The molecule has 148 valence electrons. The first-order valence-corrected chi connectivity index (χ1v) is 10.2. The lowest BCUT2D eigenvalue weighted by Crippen LogP contribution is -2.02. The van der Waals surface area contributed by atoms with E-state index in [0.29, 0.717) is 18.0 Å². The summed E-state index contributed by atoms with van der Waals surface area (Å²) in [5.41, 5.74) is 0.920. The molecule has 0 aliphatic heterocycles. The van der Waals surface area contributed by atoms with Gasteiger partial charge in [-0.3, -0.25) is 5.10 Å². The zero-order chi connectivity index (χ0) is 19.5. The second-order valence-electron chi connectivity index (χ2n) is 6.30. The largest absolute Gasteiger partial charge is 0.490 e. The van der Waals surface area contributed by atoms with Crippen molar-refractivity contribution in [1.82, 2.24) is 14.9 Å². The van der Waals surface area contributed by atoms with E-state index in [9.17, 15) is 0 Å². The minimum atomic E-state index is 0.498. The number of H-pyrrole nitrogens is 1. The molecule has 1 aromatic heterocycles. The van der Waals surface area contributed by atoms with E-state index in [2.05, 4.69) is 29.1 Å². The van der Waals surface area contributed by atoms with Crippen LogP contribution in [0.1, 0.15) is 64.3 Å². The molecule has 2 rings (SSSR count). The molecule has 0 bridgehead atoms. The van der Waals surface area contributed by atoms with E-state index in [0.717, 1.165) is 48.6 Å². The lowest BCUT2D eigenvalue weighted by atomic mass is 10.2. The Bertz CT molecular complexity index is 783. The van der Waals surface area contributed by atoms with Crippen molar-refractivity contribution in [2.45, 2.75) is 59.3 Å². The summed E-state index contributed by atoms with van der Waals surface area (Å²) >= 11 is 5.28. The molecule has 1 N–H and O–H groups in total. The van der Waals surface area contributed by atoms with Crippen LogP contribution >= 0.6 is 12.2 Å². The van der Waals surface area contributed by atoms with E-state index in [1.807, 2.05) is 25.1 Å². The number of nitrogens with zero attached hydrogens (tertiary/aromatic N) is 3. The van der Waals surface area contributed by atoms with Crippen molar-refractivity contribution >= 4 is 18.4 Å². The van der Waals surface area contributed by atoms with Crippen LogP contribution in [0.15, 0.2) is 23.3 Å². The van der Waals surface area contributed by atoms with Crippen LogP contribution in [0, 0.1) is 4.77 Å². The molecule has 0 unspecified atom stereocenters. The number of aryl methyl sites for hydroxylation is 1. The molecule has 0 atom stereocenters. The Hall–Kier alpha value is -2.15. The predicted molar refractivity (Wildman–Crippen MR) is 112 cm³/mol. The topological polar surface area (TPSA) is 64.4 Å². The van der Waals surface area contributed by atoms with Gasteiger partial charge in [0.15, 0.2) is 17.3 Å². The summed E-state index contributed by atoms with van der Waals surface area (Å²) in [5.74, 6) is 2.35. The van der Waals surface area contributed by atoms with Crippen LogP contribution in [0.2, 0.25) is 0 Å². The third-order valence-electron chi connectivity index (χ3n) is 4.07. The number of hydrogen-bond acceptors (Lipinski definition) is 5. The maximum absolute atomic E-state index is 5.87. The summed E-state index contributed by atoms with van der Waals surface area (Å²) in [7, 11) is 0. The monoisotopic (exact) mass is 390 g/mol. The molecule has 1 aromatic carbocycles. The summed E-state index contributed by atoms with van der Waals surface area (Å²) in [6.45, 7) is 7.58. The van der Waals surface area contributed by atoms with E-state index >= 15 is 0 Å². The number of aromatic amines is 1. The highest BCUT2D eigenvalue weighted by Crippen LogP contribution is 2.28. The molecule has 0 aliphatic carbocycles. The zero-order valence-electron chi connectivity index (χ0n) is 16.5. The standard InChI is InChI=1S/C20H30N4O2S/c1-4-7-9-13-26-17-12-11-16(14-18(17)25-6-3)15-21-24-19(10-8-5-2)22-23-20(24)27/h11-12,14-15H,4-10,13H2,1-3H3,(H,23,27)/b21-15+. The molecule has 0 fully saturated rings. The Kier molecular flexibility index (Phi) is 9.04. The van der Waals surface area contributed by atoms with Gasteiger partial charge in [0.05, 0.1) is 19.4 Å². The summed E-state index contributed by atoms with van der Waals surface area (Å²) < 4.78 is 13.8. The van der Waals surface area contributed by atoms with Crippen LogP contribution < -0.4 is 9.47 Å². The first-order valence-electron chi connectivity index (χ1n) is 9.79. The van der Waals surface area contributed by atoms with Gasteiger partial charge in [-0.1, -0.05) is 33.1 Å². The highest BCUT2D eigenvalue weighted by Gasteiger charge is 2.07. The number of ether oxygens (including phenoxy) is 2. The van der Waals surface area contributed by atoms with Crippen molar-refractivity contribution in [1.29, 1.82) is 0 Å². The number of nitrogens with one attached hydrogen (secondary N) is 1. The van der Waals surface area contributed by atoms with E-state index in [1.165, 1.54) is 12.8 Å². The van der Waals surface area contributed by atoms with Crippen LogP contribution in [0.25, 0.3) is 0 Å². The summed E-state index contributed by atoms with van der Waals surface area (Å²) in [6, 6.07) is 5.85. The SMILES string of the molecule is CCCCCOc1ccc(/C=N/n2c(CCCC)n[nH]c2=S)cc1OCC. The molecule has 0 amide bonds. The third-order valence-corrected chi connectivity index (χ3v) is 4.33. The summed E-state index contributed by atoms with van der Waals surface area (Å²) in [5, 5.41) is 11.6. The number of aromatic nitrogens is 3. The van der Waals surface area contributed by atoms with E-state index in [-0.39, 0.29) is 0 Å².